The smallest absolute Gasteiger partial charge is 0.0689 e. The average molecular weight is 242 g/mol. The average Bonchev–Trinajstić information content (AvgIpc) is 2.76. The normalized spacial score (nSPS) is 15.3. The fourth-order valence-corrected chi connectivity index (χ4v) is 2.50. The minimum absolute atomic E-state index is 0.200. The number of anilines is 1. The van der Waals surface area contributed by atoms with E-state index in [1.54, 1.807) is 0 Å². The fraction of sp³-hybridized carbons (Fsp3) is 0.500. The van der Waals surface area contributed by atoms with Gasteiger partial charge >= 0.3 is 0 Å². The van der Waals surface area contributed by atoms with Crippen molar-refractivity contribution in [1.29, 1.82) is 0 Å². The van der Waals surface area contributed by atoms with Gasteiger partial charge in [-0.15, -0.1) is 6.42 Å². The molecule has 18 heavy (non-hydrogen) atoms. The maximum Gasteiger partial charge on any atom is 0.0689 e. The molecule has 2 nitrogen and oxygen atoms in total. The highest BCUT2D eigenvalue weighted by Crippen LogP contribution is 2.27. The Balaban J connectivity index is 1.97. The molecule has 0 fully saturated rings. The van der Waals surface area contributed by atoms with Crippen LogP contribution < -0.4 is 10.2 Å². The lowest BCUT2D eigenvalue weighted by molar-refractivity contribution is 0.563. The van der Waals surface area contributed by atoms with E-state index in [-0.39, 0.29) is 6.04 Å². The molecule has 0 amide bonds. The molecule has 0 spiro atoms. The molecule has 0 bridgehead atoms. The monoisotopic (exact) mass is 242 g/mol. The van der Waals surface area contributed by atoms with E-state index in [1.807, 2.05) is 0 Å². The summed E-state index contributed by atoms with van der Waals surface area (Å²) in [5.41, 5.74) is 4.17. The first-order valence-corrected chi connectivity index (χ1v) is 6.77. The van der Waals surface area contributed by atoms with Gasteiger partial charge < -0.3 is 4.90 Å². The van der Waals surface area contributed by atoms with Gasteiger partial charge in [0.25, 0.3) is 0 Å². The second-order valence-corrected chi connectivity index (χ2v) is 5.02. The lowest BCUT2D eigenvalue weighted by Gasteiger charge is -2.14. The molecule has 0 radical (unpaired) electrons. The van der Waals surface area contributed by atoms with Gasteiger partial charge in [-0.05, 0) is 30.0 Å². The topological polar surface area (TPSA) is 15.3 Å². The van der Waals surface area contributed by atoms with Gasteiger partial charge in [-0.25, -0.2) is 0 Å². The number of terminal acetylenes is 1. The van der Waals surface area contributed by atoms with Crippen molar-refractivity contribution in [1.82, 2.24) is 5.32 Å². The van der Waals surface area contributed by atoms with Crippen molar-refractivity contribution >= 4 is 5.69 Å². The zero-order chi connectivity index (χ0) is 13.0. The van der Waals surface area contributed by atoms with Crippen LogP contribution >= 0.6 is 0 Å². The summed E-state index contributed by atoms with van der Waals surface area (Å²) in [6.07, 6.45) is 8.84. The van der Waals surface area contributed by atoms with E-state index in [0.717, 1.165) is 32.4 Å². The van der Waals surface area contributed by atoms with Gasteiger partial charge in [-0.2, -0.15) is 0 Å². The fourth-order valence-electron chi connectivity index (χ4n) is 2.50. The van der Waals surface area contributed by atoms with Crippen LogP contribution in [0.25, 0.3) is 0 Å². The number of benzene rings is 1. The molecule has 1 aromatic rings. The lowest BCUT2D eigenvalue weighted by Crippen LogP contribution is -2.26. The Morgan fingerprint density at radius 3 is 3.06 bits per heavy atom. The summed E-state index contributed by atoms with van der Waals surface area (Å²) in [4.78, 5) is 2.31. The predicted molar refractivity (Wildman–Crippen MR) is 77.8 cm³/mol. The Morgan fingerprint density at radius 2 is 2.33 bits per heavy atom. The summed E-state index contributed by atoms with van der Waals surface area (Å²) in [6, 6.07) is 6.94. The van der Waals surface area contributed by atoms with Gasteiger partial charge in [0.2, 0.25) is 0 Å². The SMILES string of the molecule is C#CC(CCC)NCc1ccc2c(c1)CCN2C. The van der Waals surface area contributed by atoms with Crippen LogP contribution in [0.1, 0.15) is 30.9 Å². The number of hydrogen-bond acceptors (Lipinski definition) is 2. The van der Waals surface area contributed by atoms with Gasteiger partial charge in [0.1, 0.15) is 0 Å². The van der Waals surface area contributed by atoms with E-state index < -0.39 is 0 Å². The van der Waals surface area contributed by atoms with Crippen LogP contribution in [0.15, 0.2) is 18.2 Å². The molecule has 0 aromatic heterocycles. The minimum Gasteiger partial charge on any atom is -0.374 e. The van der Waals surface area contributed by atoms with Crippen LogP contribution in [0.4, 0.5) is 5.69 Å². The largest absolute Gasteiger partial charge is 0.374 e. The second-order valence-electron chi connectivity index (χ2n) is 5.02. The summed E-state index contributed by atoms with van der Waals surface area (Å²) in [6.45, 7) is 4.16. The summed E-state index contributed by atoms with van der Waals surface area (Å²) in [5.74, 6) is 2.81. The maximum atomic E-state index is 5.51. The quantitative estimate of drug-likeness (QED) is 0.798. The molecule has 1 aliphatic rings. The van der Waals surface area contributed by atoms with Crippen molar-refractivity contribution in [3.05, 3.63) is 29.3 Å². The molecular formula is C16H22N2. The van der Waals surface area contributed by atoms with E-state index in [4.69, 9.17) is 6.42 Å². The van der Waals surface area contributed by atoms with Crippen LogP contribution in [0.3, 0.4) is 0 Å². The molecule has 1 aliphatic heterocycles. The molecule has 1 unspecified atom stereocenters. The van der Waals surface area contributed by atoms with Gasteiger partial charge in [0.05, 0.1) is 6.04 Å². The van der Waals surface area contributed by atoms with Crippen LogP contribution in [0.2, 0.25) is 0 Å². The van der Waals surface area contributed by atoms with Gasteiger partial charge in [-0.1, -0.05) is 31.4 Å². The van der Waals surface area contributed by atoms with Crippen LogP contribution in [-0.4, -0.2) is 19.6 Å². The van der Waals surface area contributed by atoms with Crippen LogP contribution in [0, 0.1) is 12.3 Å². The summed E-state index contributed by atoms with van der Waals surface area (Å²) in [7, 11) is 2.15. The number of likely N-dealkylation sites (N-methyl/N-ethyl adjacent to an activating group) is 1. The van der Waals surface area contributed by atoms with E-state index >= 15 is 0 Å². The predicted octanol–water partition coefficient (Wildman–Crippen LogP) is 2.57. The summed E-state index contributed by atoms with van der Waals surface area (Å²) in [5, 5.41) is 3.44. The first-order valence-electron chi connectivity index (χ1n) is 6.77. The number of hydrogen-bond donors (Lipinski definition) is 1. The molecule has 1 heterocycles. The highest BCUT2D eigenvalue weighted by molar-refractivity contribution is 5.58. The third-order valence-corrected chi connectivity index (χ3v) is 3.60. The van der Waals surface area contributed by atoms with Crippen molar-refractivity contribution in [3.8, 4) is 12.3 Å². The molecule has 2 rings (SSSR count). The van der Waals surface area contributed by atoms with Crippen molar-refractivity contribution < 1.29 is 0 Å². The Labute approximate surface area is 110 Å². The Bertz CT molecular complexity index is 445. The first-order chi connectivity index (χ1) is 8.74. The van der Waals surface area contributed by atoms with Crippen molar-refractivity contribution in [2.24, 2.45) is 0 Å². The van der Waals surface area contributed by atoms with Gasteiger partial charge in [0.15, 0.2) is 0 Å². The van der Waals surface area contributed by atoms with Crippen molar-refractivity contribution in [2.75, 3.05) is 18.5 Å². The number of nitrogens with zero attached hydrogens (tertiary/aromatic N) is 1. The lowest BCUT2D eigenvalue weighted by atomic mass is 10.1. The number of fused-ring (bicyclic) bond motifs is 1. The summed E-state index contributed by atoms with van der Waals surface area (Å²) < 4.78 is 0. The molecule has 2 heteroatoms. The summed E-state index contributed by atoms with van der Waals surface area (Å²) >= 11 is 0. The third-order valence-electron chi connectivity index (χ3n) is 3.60. The Morgan fingerprint density at radius 1 is 1.50 bits per heavy atom. The van der Waals surface area contributed by atoms with Crippen LogP contribution in [0.5, 0.6) is 0 Å². The molecule has 1 aromatic carbocycles. The molecule has 0 saturated heterocycles. The standard InChI is InChI=1S/C16H22N2/c1-4-6-15(5-2)17-12-13-7-8-16-14(11-13)9-10-18(16)3/h2,7-8,11,15,17H,4,6,9-10,12H2,1,3H3. The Hall–Kier alpha value is -1.46. The van der Waals surface area contributed by atoms with E-state index in [9.17, 15) is 0 Å². The van der Waals surface area contributed by atoms with E-state index in [1.165, 1.54) is 16.8 Å². The maximum absolute atomic E-state index is 5.51. The van der Waals surface area contributed by atoms with Gasteiger partial charge in [0, 0.05) is 25.8 Å². The van der Waals surface area contributed by atoms with E-state index in [0.29, 0.717) is 0 Å². The second kappa shape index (κ2) is 5.93. The molecule has 0 aliphatic carbocycles. The molecule has 0 saturated carbocycles. The molecule has 1 atom stereocenters. The van der Waals surface area contributed by atoms with Crippen molar-refractivity contribution in [3.63, 3.8) is 0 Å². The first kappa shape index (κ1) is 13.0. The zero-order valence-electron chi connectivity index (χ0n) is 11.4. The Kier molecular flexibility index (Phi) is 4.28. The number of nitrogens with one attached hydrogen (secondary N) is 1. The van der Waals surface area contributed by atoms with Crippen LogP contribution in [-0.2, 0) is 13.0 Å². The molecular weight excluding hydrogens is 220 g/mol. The van der Waals surface area contributed by atoms with Gasteiger partial charge in [-0.3, -0.25) is 5.32 Å². The third kappa shape index (κ3) is 2.86. The zero-order valence-corrected chi connectivity index (χ0v) is 11.4. The van der Waals surface area contributed by atoms with Crippen molar-refractivity contribution in [2.45, 2.75) is 38.8 Å². The molecule has 96 valence electrons. The highest BCUT2D eigenvalue weighted by Gasteiger charge is 2.15. The molecule has 1 N–H and O–H groups in total. The minimum atomic E-state index is 0.200. The van der Waals surface area contributed by atoms with E-state index in [2.05, 4.69) is 48.3 Å². The number of rotatable bonds is 5. The highest BCUT2D eigenvalue weighted by atomic mass is 15.1.